The van der Waals surface area contributed by atoms with Crippen molar-refractivity contribution in [1.82, 2.24) is 0 Å². The van der Waals surface area contributed by atoms with Crippen LogP contribution in [0.4, 0.5) is 0 Å². The summed E-state index contributed by atoms with van der Waals surface area (Å²) in [5, 5.41) is 15.8. The van der Waals surface area contributed by atoms with E-state index in [0.29, 0.717) is 13.2 Å². The maximum Gasteiger partial charge on any atom is 0.197 e. The second kappa shape index (κ2) is 26.9. The van der Waals surface area contributed by atoms with Gasteiger partial charge in [-0.2, -0.15) is 0 Å². The molecule has 0 aromatic heterocycles. The average Bonchev–Trinajstić information content (AvgIpc) is 3.19. The van der Waals surface area contributed by atoms with Crippen molar-refractivity contribution in [1.29, 1.82) is 0 Å². The van der Waals surface area contributed by atoms with Gasteiger partial charge in [-0.15, -0.1) is 0 Å². The van der Waals surface area contributed by atoms with Crippen molar-refractivity contribution >= 4 is 16.6 Å². The molecule has 0 saturated heterocycles. The van der Waals surface area contributed by atoms with Gasteiger partial charge in [0, 0.05) is 39.4 Å². The molecule has 0 aromatic rings. The summed E-state index contributed by atoms with van der Waals surface area (Å²) < 4.78 is 0. The van der Waals surface area contributed by atoms with Gasteiger partial charge in [-0.1, -0.05) is 206 Å². The van der Waals surface area contributed by atoms with Crippen LogP contribution in [-0.2, 0) is 26.2 Å². The van der Waals surface area contributed by atoms with E-state index in [4.69, 9.17) is 10.2 Å². The van der Waals surface area contributed by atoms with Crippen LogP contribution in [0.5, 0.6) is 0 Å². The zero-order chi connectivity index (χ0) is 34.5. The Morgan fingerprint density at radius 2 is 0.449 bits per heavy atom. The fourth-order valence-electron chi connectivity index (χ4n) is 11.4. The van der Waals surface area contributed by atoms with Crippen molar-refractivity contribution in [3.05, 3.63) is 0 Å². The monoisotopic (exact) mass is 798 g/mol. The molecule has 6 rings (SSSR count). The first-order chi connectivity index (χ1) is 23.5. The van der Waals surface area contributed by atoms with E-state index in [1.807, 2.05) is 13.8 Å². The zero-order valence-electron chi connectivity index (χ0n) is 32.8. The van der Waals surface area contributed by atoms with Gasteiger partial charge >= 0.3 is 0 Å². The van der Waals surface area contributed by atoms with Crippen LogP contribution >= 0.6 is 0 Å². The standard InChI is InChI=1S/2C18H34OSi.2C3H8O.Zr/c2*19-20(16-10-4-1-5-11-16,17-12-6-2-7-13-17)18-14-8-3-9-15-18;2*1-2-3-4;/h2*16-19H,1-15H2;2*4H,2-3H2,1H3;. The molecular weight excluding hydrogens is 716 g/mol. The summed E-state index contributed by atoms with van der Waals surface area (Å²) in [6.07, 6.45) is 43.6. The summed E-state index contributed by atoms with van der Waals surface area (Å²) in [5.41, 5.74) is 4.60. The average molecular weight is 801 g/mol. The van der Waals surface area contributed by atoms with Crippen molar-refractivity contribution in [3.8, 4) is 0 Å². The normalized spacial score (nSPS) is 24.6. The van der Waals surface area contributed by atoms with E-state index >= 15 is 0 Å². The number of hydrogen-bond donors (Lipinski definition) is 4. The Balaban J connectivity index is 0.000000275. The van der Waals surface area contributed by atoms with Crippen molar-refractivity contribution in [2.45, 2.75) is 253 Å². The Bertz CT molecular complexity index is 608. The predicted molar refractivity (Wildman–Crippen MR) is 212 cm³/mol. The van der Waals surface area contributed by atoms with E-state index in [1.54, 1.807) is 0 Å². The summed E-state index contributed by atoms with van der Waals surface area (Å²) in [5.74, 6) is 0. The van der Waals surface area contributed by atoms with Gasteiger partial charge in [0.2, 0.25) is 0 Å². The van der Waals surface area contributed by atoms with E-state index in [-0.39, 0.29) is 26.2 Å². The van der Waals surface area contributed by atoms with Gasteiger partial charge in [0.05, 0.1) is 0 Å². The van der Waals surface area contributed by atoms with Gasteiger partial charge < -0.3 is 19.8 Å². The van der Waals surface area contributed by atoms with E-state index in [1.165, 1.54) is 193 Å². The molecule has 6 aliphatic rings. The largest absolute Gasteiger partial charge is 0.431 e. The number of hydrogen-bond acceptors (Lipinski definition) is 4. The summed E-state index contributed by atoms with van der Waals surface area (Å²) in [6, 6.07) is 0. The van der Waals surface area contributed by atoms with Crippen LogP contribution in [0.25, 0.3) is 0 Å². The fourth-order valence-corrected chi connectivity index (χ4v) is 23.4. The third-order valence-electron chi connectivity index (χ3n) is 14.0. The fraction of sp³-hybridized carbons (Fsp3) is 1.00. The van der Waals surface area contributed by atoms with E-state index in [0.717, 1.165) is 46.1 Å². The molecule has 4 nitrogen and oxygen atoms in total. The minimum atomic E-state index is -2.05. The first kappa shape index (κ1) is 46.3. The minimum absolute atomic E-state index is 0. The van der Waals surface area contributed by atoms with Crippen molar-refractivity contribution in [3.63, 3.8) is 0 Å². The Morgan fingerprint density at radius 3 is 0.551 bits per heavy atom. The van der Waals surface area contributed by atoms with Gasteiger partial charge in [-0.25, -0.2) is 0 Å². The van der Waals surface area contributed by atoms with Gasteiger partial charge in [0.1, 0.15) is 0 Å². The van der Waals surface area contributed by atoms with Crippen molar-refractivity contribution < 1.29 is 46.0 Å². The smallest absolute Gasteiger partial charge is 0.197 e. The second-order valence-electron chi connectivity index (χ2n) is 17.2. The van der Waals surface area contributed by atoms with Gasteiger partial charge in [-0.3, -0.25) is 0 Å². The predicted octanol–water partition coefficient (Wildman–Crippen LogP) is 12.6. The minimum Gasteiger partial charge on any atom is -0.431 e. The summed E-state index contributed by atoms with van der Waals surface area (Å²) in [4.78, 5) is 24.0. The van der Waals surface area contributed by atoms with Crippen molar-refractivity contribution in [2.24, 2.45) is 0 Å². The molecule has 0 amide bonds. The molecule has 0 atom stereocenters. The van der Waals surface area contributed by atoms with Gasteiger partial charge in [0.25, 0.3) is 0 Å². The SMILES string of the molecule is CCCO.CCCO.O[Si](C1CCCCC1)(C1CCCCC1)C1CCCCC1.O[Si](C1CCCCC1)(C1CCCCC1)C1CCCCC1.[Zr]. The van der Waals surface area contributed by atoms with Crippen molar-refractivity contribution in [2.75, 3.05) is 13.2 Å². The molecule has 6 saturated carbocycles. The molecule has 0 heterocycles. The Hall–Kier alpha value is 1.16. The molecule has 6 fully saturated rings. The number of rotatable bonds is 8. The van der Waals surface area contributed by atoms with E-state index in [2.05, 4.69) is 0 Å². The number of aliphatic hydroxyl groups excluding tert-OH is 2. The van der Waals surface area contributed by atoms with Gasteiger partial charge in [-0.05, 0) is 46.1 Å². The van der Waals surface area contributed by atoms with Gasteiger partial charge in [0.15, 0.2) is 16.6 Å². The molecule has 0 radical (unpaired) electrons. The molecule has 0 unspecified atom stereocenters. The Morgan fingerprint density at radius 1 is 0.327 bits per heavy atom. The van der Waals surface area contributed by atoms with Crippen LogP contribution in [-0.4, -0.2) is 49.7 Å². The molecule has 4 N–H and O–H groups in total. The van der Waals surface area contributed by atoms with Crippen LogP contribution in [0.15, 0.2) is 0 Å². The molecule has 0 aromatic carbocycles. The topological polar surface area (TPSA) is 80.9 Å². The van der Waals surface area contributed by atoms with Crippen LogP contribution in [0.3, 0.4) is 0 Å². The molecular formula is C42H84O4Si2Zr. The number of aliphatic hydroxyl groups is 2. The summed E-state index contributed by atoms with van der Waals surface area (Å²) in [6.45, 7) is 4.50. The third-order valence-corrected chi connectivity index (χ3v) is 25.3. The molecule has 0 spiro atoms. The Kier molecular flexibility index (Phi) is 25.4. The van der Waals surface area contributed by atoms with E-state index < -0.39 is 16.6 Å². The summed E-state index contributed by atoms with van der Waals surface area (Å²) >= 11 is 0. The van der Waals surface area contributed by atoms with Crippen LogP contribution in [0.1, 0.15) is 219 Å². The quantitative estimate of drug-likeness (QED) is 0.184. The van der Waals surface area contributed by atoms with Crippen LogP contribution < -0.4 is 0 Å². The summed E-state index contributed by atoms with van der Waals surface area (Å²) in [7, 11) is -4.09. The van der Waals surface area contributed by atoms with Crippen LogP contribution in [0.2, 0.25) is 33.2 Å². The molecule has 288 valence electrons. The molecule has 0 bridgehead atoms. The zero-order valence-corrected chi connectivity index (χ0v) is 37.3. The molecule has 7 heteroatoms. The first-order valence-corrected chi connectivity index (χ1v) is 26.5. The Labute approximate surface area is 326 Å². The first-order valence-electron chi connectivity index (χ1n) is 22.1. The maximum atomic E-state index is 12.0. The molecule has 6 aliphatic carbocycles. The molecule has 49 heavy (non-hydrogen) atoms. The molecule has 0 aliphatic heterocycles. The third kappa shape index (κ3) is 14.4. The second-order valence-corrected chi connectivity index (χ2v) is 25.7. The maximum absolute atomic E-state index is 12.0. The van der Waals surface area contributed by atoms with Crippen LogP contribution in [0, 0.1) is 0 Å². The van der Waals surface area contributed by atoms with E-state index in [9.17, 15) is 9.59 Å².